The number of fused-ring (bicyclic) bond motifs is 1. The molecule has 2 aromatic rings. The summed E-state index contributed by atoms with van der Waals surface area (Å²) in [6.45, 7) is 2.83. The Bertz CT molecular complexity index is 1680. The zero-order valence-electron chi connectivity index (χ0n) is 27.1. The molecule has 0 unspecified atom stereocenters. The van der Waals surface area contributed by atoms with Gasteiger partial charge in [-0.3, -0.25) is 4.55 Å². The van der Waals surface area contributed by atoms with Gasteiger partial charge >= 0.3 is 16.4 Å². The van der Waals surface area contributed by atoms with E-state index in [9.17, 15) is 41.3 Å². The normalized spacial score (nSPS) is 30.1. The van der Waals surface area contributed by atoms with Crippen molar-refractivity contribution in [1.29, 1.82) is 0 Å². The van der Waals surface area contributed by atoms with Gasteiger partial charge in [-0.1, -0.05) is 38.8 Å². The first-order valence-corrected chi connectivity index (χ1v) is 18.6. The Balaban J connectivity index is 1.67. The summed E-state index contributed by atoms with van der Waals surface area (Å²) in [5.74, 6) is -1.03. The summed E-state index contributed by atoms with van der Waals surface area (Å²) in [6.07, 6.45) is -8.53. The van der Waals surface area contributed by atoms with E-state index in [1.54, 1.807) is 36.4 Å². The van der Waals surface area contributed by atoms with Crippen LogP contribution in [0.3, 0.4) is 0 Å². The fourth-order valence-corrected chi connectivity index (χ4v) is 9.00. The van der Waals surface area contributed by atoms with Crippen molar-refractivity contribution >= 4 is 37.6 Å². The van der Waals surface area contributed by atoms with Crippen LogP contribution < -0.4 is 15.5 Å². The van der Waals surface area contributed by atoms with Gasteiger partial charge in [-0.25, -0.2) is 21.8 Å². The SMILES string of the molecule is CCCC[C@]1(CC)CS(=O)(=O)c2ccc(N(C)C)cc2[C@@H](c2cccc(NC(=O)N[C@@H]3O[C@H](COS(=O)(=O)O)[C@@H](F)[C@H](O)[C@H]3O)c2)[C@H]1O. The second-order valence-corrected chi connectivity index (χ2v) is 15.6. The number of carbonyl (C=O) groups excluding carboxylic acids is 1. The lowest BCUT2D eigenvalue weighted by atomic mass is 9.69. The van der Waals surface area contributed by atoms with Crippen LogP contribution in [0.2, 0.25) is 0 Å². The predicted octanol–water partition coefficient (Wildman–Crippen LogP) is 2.34. The van der Waals surface area contributed by atoms with Crippen molar-refractivity contribution in [1.82, 2.24) is 5.32 Å². The number of sulfone groups is 1. The van der Waals surface area contributed by atoms with Crippen LogP contribution >= 0.6 is 0 Å². The van der Waals surface area contributed by atoms with Gasteiger partial charge in [0.15, 0.2) is 22.2 Å². The minimum absolute atomic E-state index is 0.126. The number of aliphatic hydroxyl groups is 3. The minimum atomic E-state index is -4.97. The highest BCUT2D eigenvalue weighted by molar-refractivity contribution is 7.91. The number of amides is 2. The van der Waals surface area contributed by atoms with Gasteiger partial charge in [0.05, 0.1) is 23.4 Å². The van der Waals surface area contributed by atoms with Crippen LogP contribution in [-0.2, 0) is 29.2 Å². The van der Waals surface area contributed by atoms with Gasteiger partial charge in [-0.2, -0.15) is 8.42 Å². The highest BCUT2D eigenvalue weighted by Crippen LogP contribution is 2.49. The molecule has 1 saturated heterocycles. The van der Waals surface area contributed by atoms with Crippen LogP contribution in [0.15, 0.2) is 47.4 Å². The van der Waals surface area contributed by atoms with E-state index in [0.717, 1.165) is 12.1 Å². The molecule has 2 aromatic carbocycles. The average Bonchev–Trinajstić information content (AvgIpc) is 3.09. The van der Waals surface area contributed by atoms with Gasteiger partial charge in [-0.05, 0) is 54.3 Å². The maximum absolute atomic E-state index is 14.5. The minimum Gasteiger partial charge on any atom is -0.392 e. The number of ether oxygens (including phenoxy) is 1. The Morgan fingerprint density at radius 1 is 1.12 bits per heavy atom. The van der Waals surface area contributed by atoms with Gasteiger partial charge in [-0.15, -0.1) is 0 Å². The van der Waals surface area contributed by atoms with Crippen LogP contribution in [0.1, 0.15) is 56.6 Å². The maximum atomic E-state index is 14.5. The summed E-state index contributed by atoms with van der Waals surface area (Å²) >= 11 is 0. The number of hydrogen-bond donors (Lipinski definition) is 6. The molecule has 4 rings (SSSR count). The Hall–Kier alpha value is -2.90. The van der Waals surface area contributed by atoms with Crippen LogP contribution in [0, 0.1) is 5.41 Å². The van der Waals surface area contributed by atoms with E-state index in [-0.39, 0.29) is 16.3 Å². The zero-order chi connectivity index (χ0) is 35.6. The van der Waals surface area contributed by atoms with E-state index in [0.29, 0.717) is 30.4 Å². The largest absolute Gasteiger partial charge is 0.397 e. The Labute approximate surface area is 280 Å². The first-order chi connectivity index (χ1) is 22.4. The summed E-state index contributed by atoms with van der Waals surface area (Å²) in [6, 6.07) is 10.6. The van der Waals surface area contributed by atoms with E-state index in [1.165, 1.54) is 6.07 Å². The number of hydrogen-bond acceptors (Lipinski definition) is 11. The summed E-state index contributed by atoms with van der Waals surface area (Å²) < 4.78 is 82.4. The molecule has 268 valence electrons. The number of nitrogens with zero attached hydrogens (tertiary/aromatic N) is 1. The molecule has 2 aliphatic rings. The van der Waals surface area contributed by atoms with Crippen LogP contribution in [0.25, 0.3) is 0 Å². The fraction of sp³-hybridized carbons (Fsp3) is 0.581. The van der Waals surface area contributed by atoms with Gasteiger partial charge in [0.1, 0.15) is 18.3 Å². The quantitative estimate of drug-likeness (QED) is 0.185. The van der Waals surface area contributed by atoms with Crippen molar-refractivity contribution in [3.8, 4) is 0 Å². The lowest BCUT2D eigenvalue weighted by molar-refractivity contribution is -0.214. The number of halogens is 1. The third-order valence-corrected chi connectivity index (χ3v) is 11.6. The van der Waals surface area contributed by atoms with E-state index >= 15 is 0 Å². The smallest absolute Gasteiger partial charge is 0.392 e. The molecule has 1 fully saturated rings. The molecule has 0 spiro atoms. The molecule has 2 aliphatic heterocycles. The summed E-state index contributed by atoms with van der Waals surface area (Å²) in [5, 5.41) is 37.5. The highest BCUT2D eigenvalue weighted by Gasteiger charge is 2.49. The van der Waals surface area contributed by atoms with E-state index in [2.05, 4.69) is 14.8 Å². The number of unbranched alkanes of at least 4 members (excludes halogenated alkanes) is 1. The lowest BCUT2D eigenvalue weighted by Gasteiger charge is -2.39. The highest BCUT2D eigenvalue weighted by atomic mass is 32.3. The number of alkyl halides is 1. The predicted molar refractivity (Wildman–Crippen MR) is 175 cm³/mol. The molecule has 17 heteroatoms. The van der Waals surface area contributed by atoms with Crippen molar-refractivity contribution in [2.24, 2.45) is 5.41 Å². The zero-order valence-corrected chi connectivity index (χ0v) is 28.7. The van der Waals surface area contributed by atoms with Crippen molar-refractivity contribution in [2.45, 2.75) is 87.2 Å². The second kappa shape index (κ2) is 14.9. The molecular weight excluding hydrogens is 673 g/mol. The Morgan fingerprint density at radius 3 is 2.46 bits per heavy atom. The molecule has 0 aliphatic carbocycles. The maximum Gasteiger partial charge on any atom is 0.397 e. The van der Waals surface area contributed by atoms with E-state index in [4.69, 9.17) is 9.29 Å². The first-order valence-electron chi connectivity index (χ1n) is 15.6. The molecule has 6 N–H and O–H groups in total. The molecule has 48 heavy (non-hydrogen) atoms. The molecule has 0 bridgehead atoms. The van der Waals surface area contributed by atoms with Crippen molar-refractivity contribution < 1.29 is 54.8 Å². The Kier molecular flexibility index (Phi) is 11.8. The lowest BCUT2D eigenvalue weighted by Crippen LogP contribution is -2.62. The third-order valence-electron chi connectivity index (χ3n) is 9.15. The van der Waals surface area contributed by atoms with E-state index < -0.39 is 81.0 Å². The van der Waals surface area contributed by atoms with Crippen molar-refractivity contribution in [2.75, 3.05) is 36.7 Å². The van der Waals surface area contributed by atoms with Gasteiger partial charge in [0.25, 0.3) is 0 Å². The number of benzene rings is 2. The monoisotopic (exact) mass is 717 g/mol. The molecule has 0 aromatic heterocycles. The van der Waals surface area contributed by atoms with Crippen molar-refractivity contribution in [3.63, 3.8) is 0 Å². The first kappa shape index (κ1) is 37.9. The molecule has 14 nitrogen and oxygen atoms in total. The van der Waals surface area contributed by atoms with Crippen LogP contribution in [0.5, 0.6) is 0 Å². The molecule has 2 amide bonds. The average molecular weight is 718 g/mol. The number of nitrogens with one attached hydrogen (secondary N) is 2. The van der Waals surface area contributed by atoms with Crippen molar-refractivity contribution in [3.05, 3.63) is 53.6 Å². The van der Waals surface area contributed by atoms with Crippen LogP contribution in [-0.4, -0.2) is 106 Å². The fourth-order valence-electron chi connectivity index (χ4n) is 6.45. The molecule has 0 radical (unpaired) electrons. The number of carbonyl (C=O) groups is 1. The van der Waals surface area contributed by atoms with Gasteiger partial charge in [0.2, 0.25) is 0 Å². The summed E-state index contributed by atoms with van der Waals surface area (Å²) in [5.41, 5.74) is 0.934. The number of rotatable bonds is 11. The molecule has 8 atom stereocenters. The summed E-state index contributed by atoms with van der Waals surface area (Å²) in [4.78, 5) is 15.0. The second-order valence-electron chi connectivity index (χ2n) is 12.6. The van der Waals surface area contributed by atoms with Gasteiger partial charge in [0, 0.05) is 36.8 Å². The molecular formula is C31H44FN3O11S2. The van der Waals surface area contributed by atoms with Gasteiger partial charge < -0.3 is 35.6 Å². The number of aliphatic hydroxyl groups excluding tert-OH is 3. The standard InChI is InChI=1S/C31H44FN3O11S2/c1-5-7-13-31(6-2)17-47(40,41)23-12-11-20(35(3)4)15-21(23)24(28(31)38)18-9-8-10-19(14-18)33-30(39)34-29-27(37)26(36)25(32)22(46-29)16-45-48(42,43)44/h8-12,14-15,22,24-29,36-38H,5-7,13,16-17H2,1-4H3,(H2,33,34,39)(H,42,43,44)/t22-,24-,25-,26+,27-,28-,29-,31-/m1/s1. The number of anilines is 2. The molecule has 2 heterocycles. The Morgan fingerprint density at radius 2 is 1.83 bits per heavy atom. The topological polar surface area (TPSA) is 212 Å². The van der Waals surface area contributed by atoms with Crippen LogP contribution in [0.4, 0.5) is 20.6 Å². The number of urea groups is 1. The molecule has 0 saturated carbocycles. The van der Waals surface area contributed by atoms with E-state index in [1.807, 2.05) is 32.8 Å². The third kappa shape index (κ3) is 8.27. The summed E-state index contributed by atoms with van der Waals surface area (Å²) in [7, 11) is -5.15.